The van der Waals surface area contributed by atoms with Crippen molar-refractivity contribution in [2.24, 2.45) is 0 Å². The molecule has 0 aromatic heterocycles. The molecule has 0 bridgehead atoms. The molecule has 2 heteroatoms. The lowest BCUT2D eigenvalue weighted by Crippen LogP contribution is -2.02. The third kappa shape index (κ3) is 8.33. The lowest BCUT2D eigenvalue weighted by atomic mass is 10.0. The van der Waals surface area contributed by atoms with Crippen LogP contribution in [0.15, 0.2) is 34.9 Å². The second-order valence-electron chi connectivity index (χ2n) is 7.13. The van der Waals surface area contributed by atoms with E-state index in [2.05, 4.69) is 68.8 Å². The van der Waals surface area contributed by atoms with Gasteiger partial charge in [0, 0.05) is 5.33 Å². The quantitative estimate of drug-likeness (QED) is 0.236. The van der Waals surface area contributed by atoms with Gasteiger partial charge in [-0.2, -0.15) is 0 Å². The molecular weight excluding hydrogens is 336 g/mol. The van der Waals surface area contributed by atoms with Gasteiger partial charge in [0.2, 0.25) is 0 Å². The van der Waals surface area contributed by atoms with E-state index in [9.17, 15) is 0 Å². The number of allylic oxidation sites excluding steroid dienone is 6. The van der Waals surface area contributed by atoms with Gasteiger partial charge in [0.1, 0.15) is 0 Å². The Morgan fingerprint density at radius 2 is 1.36 bits per heavy atom. The number of hydrogen-bond donors (Lipinski definition) is 0. The molecule has 0 aromatic rings. The summed E-state index contributed by atoms with van der Waals surface area (Å²) in [6.45, 7) is 11.1. The first kappa shape index (κ1) is 19.7. The van der Waals surface area contributed by atoms with Gasteiger partial charge in [0.25, 0.3) is 0 Å². The van der Waals surface area contributed by atoms with Crippen LogP contribution in [0.4, 0.5) is 0 Å². The van der Waals surface area contributed by atoms with Gasteiger partial charge in [-0.25, -0.2) is 0 Å². The minimum Gasteiger partial charge on any atom is -0.367 e. The molecule has 0 aromatic carbocycles. The summed E-state index contributed by atoms with van der Waals surface area (Å²) < 4.78 is 5.63. The molecule has 0 amide bonds. The van der Waals surface area contributed by atoms with Crippen LogP contribution in [0.5, 0.6) is 0 Å². The predicted molar refractivity (Wildman–Crippen MR) is 102 cm³/mol. The lowest BCUT2D eigenvalue weighted by molar-refractivity contribution is 0.320. The summed E-state index contributed by atoms with van der Waals surface area (Å²) in [7, 11) is 0. The monoisotopic (exact) mass is 368 g/mol. The Bertz CT molecular complexity index is 429. The number of alkyl halides is 1. The molecule has 1 unspecified atom stereocenters. The van der Waals surface area contributed by atoms with Gasteiger partial charge in [-0.1, -0.05) is 50.9 Å². The van der Waals surface area contributed by atoms with Crippen molar-refractivity contribution in [3.63, 3.8) is 0 Å². The van der Waals surface area contributed by atoms with Gasteiger partial charge in [-0.15, -0.1) is 0 Å². The fourth-order valence-electron chi connectivity index (χ4n) is 2.63. The minimum absolute atomic E-state index is 0.140. The van der Waals surface area contributed by atoms with Gasteiger partial charge in [-0.05, 0) is 73.1 Å². The smallest absolute Gasteiger partial charge is 0.0892 e. The van der Waals surface area contributed by atoms with Crippen LogP contribution in [0.2, 0.25) is 0 Å². The van der Waals surface area contributed by atoms with E-state index in [1.165, 1.54) is 48.8 Å². The third-order valence-electron chi connectivity index (χ3n) is 4.45. The largest absolute Gasteiger partial charge is 0.367 e. The van der Waals surface area contributed by atoms with Crippen LogP contribution in [0.3, 0.4) is 0 Å². The Kier molecular flexibility index (Phi) is 8.71. The molecule has 1 atom stereocenters. The molecule has 0 aliphatic carbocycles. The van der Waals surface area contributed by atoms with Crippen molar-refractivity contribution in [3.8, 4) is 0 Å². The summed E-state index contributed by atoms with van der Waals surface area (Å²) in [5.41, 5.74) is 4.64. The number of epoxide rings is 1. The van der Waals surface area contributed by atoms with E-state index >= 15 is 0 Å². The van der Waals surface area contributed by atoms with Crippen LogP contribution in [-0.2, 0) is 4.74 Å². The Morgan fingerprint density at radius 1 is 0.909 bits per heavy atom. The third-order valence-corrected chi connectivity index (χ3v) is 4.78. The van der Waals surface area contributed by atoms with Gasteiger partial charge < -0.3 is 4.74 Å². The summed E-state index contributed by atoms with van der Waals surface area (Å²) in [6.07, 6.45) is 14.6. The predicted octanol–water partition coefficient (Wildman–Crippen LogP) is 6.74. The maximum absolute atomic E-state index is 5.63. The standard InChI is InChI=1S/C20H33BrO/c1-16(9-7-11-18(3)14-15-21)8-6-10-17(2)12-13-19-20(4,5)22-19/h9-10,14,19H,6-8,11-13,15H2,1-5H3/b16-9+,17-10+,18-14-. The van der Waals surface area contributed by atoms with E-state index in [4.69, 9.17) is 4.74 Å². The van der Waals surface area contributed by atoms with Gasteiger partial charge >= 0.3 is 0 Å². The summed E-state index contributed by atoms with van der Waals surface area (Å²) in [5, 5.41) is 0.967. The van der Waals surface area contributed by atoms with Crippen LogP contribution < -0.4 is 0 Å². The highest BCUT2D eigenvalue weighted by Crippen LogP contribution is 2.38. The first-order valence-corrected chi connectivity index (χ1v) is 9.68. The number of ether oxygens (including phenoxy) is 1. The summed E-state index contributed by atoms with van der Waals surface area (Å²) in [6, 6.07) is 0. The van der Waals surface area contributed by atoms with E-state index in [-0.39, 0.29) is 5.60 Å². The molecule has 1 fully saturated rings. The molecule has 0 radical (unpaired) electrons. The maximum atomic E-state index is 5.63. The van der Waals surface area contributed by atoms with Crippen molar-refractivity contribution >= 4 is 15.9 Å². The average molecular weight is 369 g/mol. The highest BCUT2D eigenvalue weighted by Gasteiger charge is 2.46. The molecule has 22 heavy (non-hydrogen) atoms. The fourth-order valence-corrected chi connectivity index (χ4v) is 3.18. The molecule has 0 spiro atoms. The highest BCUT2D eigenvalue weighted by molar-refractivity contribution is 9.09. The normalized spacial score (nSPS) is 22.1. The molecular formula is C20H33BrO. The lowest BCUT2D eigenvalue weighted by Gasteiger charge is -2.03. The van der Waals surface area contributed by atoms with Crippen LogP contribution in [0.25, 0.3) is 0 Å². The molecule has 1 aliphatic heterocycles. The minimum atomic E-state index is 0.140. The molecule has 0 saturated carbocycles. The zero-order chi connectivity index (χ0) is 16.6. The van der Waals surface area contributed by atoms with Crippen LogP contribution >= 0.6 is 15.9 Å². The van der Waals surface area contributed by atoms with E-state index < -0.39 is 0 Å². The second-order valence-corrected chi connectivity index (χ2v) is 7.78. The van der Waals surface area contributed by atoms with Crippen molar-refractivity contribution < 1.29 is 4.74 Å². The second kappa shape index (κ2) is 9.72. The molecule has 0 N–H and O–H groups in total. The van der Waals surface area contributed by atoms with Crippen molar-refractivity contribution in [2.75, 3.05) is 5.33 Å². The maximum Gasteiger partial charge on any atom is 0.0892 e. The molecule has 1 nitrogen and oxygen atoms in total. The summed E-state index contributed by atoms with van der Waals surface area (Å²) in [4.78, 5) is 0. The van der Waals surface area contributed by atoms with Gasteiger partial charge in [-0.3, -0.25) is 0 Å². The van der Waals surface area contributed by atoms with Crippen molar-refractivity contribution in [2.45, 2.75) is 84.8 Å². The van der Waals surface area contributed by atoms with E-state index in [1.54, 1.807) is 0 Å². The zero-order valence-corrected chi connectivity index (χ0v) is 16.6. The fraction of sp³-hybridized carbons (Fsp3) is 0.700. The Morgan fingerprint density at radius 3 is 1.82 bits per heavy atom. The Hall–Kier alpha value is -0.340. The molecule has 1 saturated heterocycles. The number of rotatable bonds is 10. The number of halogens is 1. The molecule has 1 heterocycles. The summed E-state index contributed by atoms with van der Waals surface area (Å²) in [5.74, 6) is 0. The van der Waals surface area contributed by atoms with E-state index in [1.807, 2.05) is 0 Å². The zero-order valence-electron chi connectivity index (χ0n) is 15.0. The molecule has 1 rings (SSSR count). The van der Waals surface area contributed by atoms with Gasteiger partial charge in [0.05, 0.1) is 11.7 Å². The van der Waals surface area contributed by atoms with Crippen LogP contribution in [0, 0.1) is 0 Å². The van der Waals surface area contributed by atoms with E-state index in [0.29, 0.717) is 6.10 Å². The molecule has 126 valence electrons. The van der Waals surface area contributed by atoms with Crippen LogP contribution in [0.1, 0.15) is 73.1 Å². The molecule has 1 aliphatic rings. The number of hydrogen-bond acceptors (Lipinski definition) is 1. The highest BCUT2D eigenvalue weighted by atomic mass is 79.9. The average Bonchev–Trinajstić information content (AvgIpc) is 3.04. The van der Waals surface area contributed by atoms with Crippen LogP contribution in [-0.4, -0.2) is 17.0 Å². The Labute approximate surface area is 146 Å². The van der Waals surface area contributed by atoms with Gasteiger partial charge in [0.15, 0.2) is 0 Å². The van der Waals surface area contributed by atoms with Crippen molar-refractivity contribution in [1.82, 2.24) is 0 Å². The van der Waals surface area contributed by atoms with Crippen molar-refractivity contribution in [3.05, 3.63) is 34.9 Å². The first-order valence-electron chi connectivity index (χ1n) is 8.56. The first-order chi connectivity index (χ1) is 10.3. The SMILES string of the molecule is C/C(=C/CBr)CC/C=C(\C)CC/C=C(\C)CCC1OC1(C)C. The van der Waals surface area contributed by atoms with Crippen molar-refractivity contribution in [1.29, 1.82) is 0 Å². The van der Waals surface area contributed by atoms with E-state index in [0.717, 1.165) is 11.8 Å². The topological polar surface area (TPSA) is 12.5 Å². The Balaban J connectivity index is 2.16. The summed E-state index contributed by atoms with van der Waals surface area (Å²) >= 11 is 3.44.